The van der Waals surface area contributed by atoms with Crippen LogP contribution in [0.5, 0.6) is 5.75 Å². The van der Waals surface area contributed by atoms with E-state index in [4.69, 9.17) is 9.15 Å². The predicted molar refractivity (Wildman–Crippen MR) is 185 cm³/mol. The number of nitrogens with one attached hydrogen (secondary N) is 1. The highest BCUT2D eigenvalue weighted by Gasteiger charge is 2.27. The minimum Gasteiger partial charge on any atom is -0.464 e. The Morgan fingerprint density at radius 2 is 1.18 bits per heavy atom. The van der Waals surface area contributed by atoms with E-state index < -0.39 is 0 Å². The van der Waals surface area contributed by atoms with Crippen molar-refractivity contribution in [2.24, 2.45) is 0 Å². The molecular formula is C41H28N2O2. The van der Waals surface area contributed by atoms with Crippen LogP contribution < -0.4 is 15.0 Å². The smallest absolute Gasteiger partial charge is 0.196 e. The largest absolute Gasteiger partial charge is 0.464 e. The lowest BCUT2D eigenvalue weighted by atomic mass is 10.0. The molecule has 1 atom stereocenters. The Hall–Kier alpha value is -6.00. The maximum atomic E-state index is 6.57. The monoisotopic (exact) mass is 580 g/mol. The molecule has 9 rings (SSSR count). The highest BCUT2D eigenvalue weighted by atomic mass is 16.5. The van der Waals surface area contributed by atoms with Gasteiger partial charge in [-0.2, -0.15) is 0 Å². The lowest BCUT2D eigenvalue weighted by Crippen LogP contribution is -2.10. The van der Waals surface area contributed by atoms with E-state index in [2.05, 4.69) is 132 Å². The second kappa shape index (κ2) is 10.3. The van der Waals surface area contributed by atoms with Gasteiger partial charge in [0.15, 0.2) is 12.0 Å². The van der Waals surface area contributed by atoms with E-state index in [0.29, 0.717) is 0 Å². The summed E-state index contributed by atoms with van der Waals surface area (Å²) in [4.78, 5) is 2.34. The van der Waals surface area contributed by atoms with E-state index in [0.717, 1.165) is 66.8 Å². The molecule has 0 saturated carbocycles. The van der Waals surface area contributed by atoms with Crippen molar-refractivity contribution in [1.82, 2.24) is 0 Å². The van der Waals surface area contributed by atoms with Crippen LogP contribution in [-0.4, -0.2) is 0 Å². The Morgan fingerprint density at radius 3 is 2.02 bits per heavy atom. The van der Waals surface area contributed by atoms with Crippen molar-refractivity contribution < 1.29 is 9.15 Å². The van der Waals surface area contributed by atoms with Gasteiger partial charge in [-0.3, -0.25) is 0 Å². The SMILES string of the molecule is c1ccc(-c2ccc(N(c3ccc4oc5ccccc5c4c3)c3cccc4c5c(ccc34)NC(c3ccccc3)O5)cc2)cc1. The van der Waals surface area contributed by atoms with Crippen molar-refractivity contribution in [3.63, 3.8) is 0 Å². The Balaban J connectivity index is 1.21. The number of anilines is 4. The van der Waals surface area contributed by atoms with Crippen molar-refractivity contribution in [3.05, 3.63) is 163 Å². The third-order valence-electron chi connectivity index (χ3n) is 8.71. The van der Waals surface area contributed by atoms with E-state index in [1.807, 2.05) is 36.4 Å². The first-order valence-corrected chi connectivity index (χ1v) is 15.2. The predicted octanol–water partition coefficient (Wildman–Crippen LogP) is 11.4. The first kappa shape index (κ1) is 25.5. The second-order valence-corrected chi connectivity index (χ2v) is 11.4. The van der Waals surface area contributed by atoms with Gasteiger partial charge in [-0.15, -0.1) is 0 Å². The van der Waals surface area contributed by atoms with Crippen LogP contribution in [0.3, 0.4) is 0 Å². The standard InChI is InChI=1S/C41H28N2O2/c1-3-10-27(11-4-1)28-18-20-30(21-19-28)43(31-22-25-39-35(26-31)33-14-7-8-17-38(33)44-39)37-16-9-15-34-32(37)23-24-36-40(34)45-41(42-36)29-12-5-2-6-13-29/h1-26,41-42H. The number of furan rings is 1. The van der Waals surface area contributed by atoms with E-state index in [1.54, 1.807) is 0 Å². The van der Waals surface area contributed by atoms with Gasteiger partial charge in [-0.05, 0) is 65.7 Å². The fourth-order valence-corrected chi connectivity index (χ4v) is 6.53. The molecule has 1 aromatic heterocycles. The highest BCUT2D eigenvalue weighted by molar-refractivity contribution is 6.08. The molecule has 45 heavy (non-hydrogen) atoms. The fraction of sp³-hybridized carbons (Fsp3) is 0.0244. The summed E-state index contributed by atoms with van der Waals surface area (Å²) in [5, 5.41) is 7.94. The molecule has 0 spiro atoms. The van der Waals surface area contributed by atoms with Gasteiger partial charge in [0.05, 0.1) is 11.4 Å². The second-order valence-electron chi connectivity index (χ2n) is 11.4. The van der Waals surface area contributed by atoms with Crippen LogP contribution in [0, 0.1) is 0 Å². The minimum absolute atomic E-state index is 0.228. The summed E-state index contributed by atoms with van der Waals surface area (Å²) in [6, 6.07) is 55.1. The van der Waals surface area contributed by atoms with E-state index in [1.165, 1.54) is 11.1 Å². The maximum Gasteiger partial charge on any atom is 0.196 e. The molecule has 1 N–H and O–H groups in total. The van der Waals surface area contributed by atoms with Crippen LogP contribution >= 0.6 is 0 Å². The topological polar surface area (TPSA) is 37.6 Å². The van der Waals surface area contributed by atoms with Gasteiger partial charge >= 0.3 is 0 Å². The summed E-state index contributed by atoms with van der Waals surface area (Å²) < 4.78 is 12.8. The van der Waals surface area contributed by atoms with Gasteiger partial charge in [0, 0.05) is 38.5 Å². The van der Waals surface area contributed by atoms with Gasteiger partial charge in [-0.1, -0.05) is 103 Å². The maximum absolute atomic E-state index is 6.57. The minimum atomic E-state index is -0.228. The molecule has 0 bridgehead atoms. The van der Waals surface area contributed by atoms with Gasteiger partial charge < -0.3 is 19.4 Å². The Bertz CT molecular complexity index is 2330. The lowest BCUT2D eigenvalue weighted by molar-refractivity contribution is 0.262. The Labute approximate surface area is 260 Å². The lowest BCUT2D eigenvalue weighted by Gasteiger charge is -2.27. The molecule has 2 heterocycles. The van der Waals surface area contributed by atoms with Crippen LogP contribution in [0.4, 0.5) is 22.7 Å². The zero-order valence-corrected chi connectivity index (χ0v) is 24.4. The summed E-state index contributed by atoms with van der Waals surface area (Å²) in [7, 11) is 0. The van der Waals surface area contributed by atoms with Crippen LogP contribution in [0.15, 0.2) is 162 Å². The zero-order chi connectivity index (χ0) is 29.7. The van der Waals surface area contributed by atoms with E-state index >= 15 is 0 Å². The number of rotatable bonds is 5. The van der Waals surface area contributed by atoms with Gasteiger partial charge in [0.25, 0.3) is 0 Å². The normalized spacial score (nSPS) is 13.9. The van der Waals surface area contributed by atoms with Crippen molar-refractivity contribution in [2.75, 3.05) is 10.2 Å². The molecule has 0 fully saturated rings. The molecule has 0 amide bonds. The Kier molecular flexibility index (Phi) is 5.85. The van der Waals surface area contributed by atoms with E-state index in [-0.39, 0.29) is 6.23 Å². The summed E-state index contributed by atoms with van der Waals surface area (Å²) in [6.07, 6.45) is -0.228. The molecule has 4 heteroatoms. The van der Waals surface area contributed by atoms with Crippen molar-refractivity contribution >= 4 is 55.5 Å². The number of benzene rings is 7. The number of nitrogens with zero attached hydrogens (tertiary/aromatic N) is 1. The van der Waals surface area contributed by atoms with E-state index in [9.17, 15) is 0 Å². The van der Waals surface area contributed by atoms with Crippen LogP contribution in [0.25, 0.3) is 43.8 Å². The van der Waals surface area contributed by atoms with Crippen molar-refractivity contribution in [1.29, 1.82) is 0 Å². The summed E-state index contributed by atoms with van der Waals surface area (Å²) in [6.45, 7) is 0. The molecule has 1 aliphatic heterocycles. The molecule has 1 unspecified atom stereocenters. The number of hydrogen-bond donors (Lipinski definition) is 1. The number of hydrogen-bond acceptors (Lipinski definition) is 4. The quantitative estimate of drug-likeness (QED) is 0.220. The fourth-order valence-electron chi connectivity index (χ4n) is 6.53. The first-order chi connectivity index (χ1) is 22.3. The third-order valence-corrected chi connectivity index (χ3v) is 8.71. The summed E-state index contributed by atoms with van der Waals surface area (Å²) >= 11 is 0. The van der Waals surface area contributed by atoms with Crippen LogP contribution in [0.2, 0.25) is 0 Å². The highest BCUT2D eigenvalue weighted by Crippen LogP contribution is 2.48. The summed E-state index contributed by atoms with van der Waals surface area (Å²) in [5.41, 5.74) is 9.42. The van der Waals surface area contributed by atoms with Crippen LogP contribution in [-0.2, 0) is 0 Å². The molecule has 0 saturated heterocycles. The Morgan fingerprint density at radius 1 is 0.489 bits per heavy atom. The van der Waals surface area contributed by atoms with Crippen LogP contribution in [0.1, 0.15) is 11.8 Å². The zero-order valence-electron chi connectivity index (χ0n) is 24.4. The molecular weight excluding hydrogens is 552 g/mol. The molecule has 7 aromatic carbocycles. The van der Waals surface area contributed by atoms with Gasteiger partial charge in [0.2, 0.25) is 0 Å². The number of fused-ring (bicyclic) bond motifs is 6. The van der Waals surface area contributed by atoms with Gasteiger partial charge in [0.1, 0.15) is 11.2 Å². The summed E-state index contributed by atoms with van der Waals surface area (Å²) in [5.74, 6) is 0.874. The van der Waals surface area contributed by atoms with Gasteiger partial charge in [-0.25, -0.2) is 0 Å². The molecule has 0 radical (unpaired) electrons. The molecule has 1 aliphatic rings. The first-order valence-electron chi connectivity index (χ1n) is 15.2. The van der Waals surface area contributed by atoms with Crippen molar-refractivity contribution in [2.45, 2.75) is 6.23 Å². The molecule has 0 aliphatic carbocycles. The average molecular weight is 581 g/mol. The molecule has 8 aromatic rings. The third kappa shape index (κ3) is 4.30. The number of para-hydroxylation sites is 1. The number of ether oxygens (including phenoxy) is 1. The molecule has 214 valence electrons. The van der Waals surface area contributed by atoms with Crippen molar-refractivity contribution in [3.8, 4) is 16.9 Å². The molecule has 4 nitrogen and oxygen atoms in total. The average Bonchev–Trinajstić information content (AvgIpc) is 3.72.